The van der Waals surface area contributed by atoms with Gasteiger partial charge in [-0.3, -0.25) is 4.79 Å². The van der Waals surface area contributed by atoms with Crippen LogP contribution in [-0.4, -0.2) is 68.6 Å². The van der Waals surface area contributed by atoms with Crippen molar-refractivity contribution in [3.63, 3.8) is 0 Å². The van der Waals surface area contributed by atoms with Crippen molar-refractivity contribution >= 4 is 33.6 Å². The summed E-state index contributed by atoms with van der Waals surface area (Å²) in [6.45, 7) is 8.89. The van der Waals surface area contributed by atoms with Crippen LogP contribution in [0.1, 0.15) is 76.3 Å². The fourth-order valence-corrected chi connectivity index (χ4v) is 7.06. The first-order valence-corrected chi connectivity index (χ1v) is 16.7. The molecule has 1 fully saturated rings. The largest absolute Gasteiger partial charge is 0.480 e. The van der Waals surface area contributed by atoms with Crippen LogP contribution in [0.15, 0.2) is 47.4 Å². The number of ether oxygens (including phenoxy) is 2. The quantitative estimate of drug-likeness (QED) is 0.144. The molecule has 44 heavy (non-hydrogen) atoms. The molecule has 12 heteroatoms. The smallest absolute Gasteiger partial charge is 0.408 e. The van der Waals surface area contributed by atoms with Crippen LogP contribution in [-0.2, 0) is 24.2 Å². The highest BCUT2D eigenvalue weighted by Gasteiger charge is 2.33. The zero-order chi connectivity index (χ0) is 32.5. The van der Waals surface area contributed by atoms with Gasteiger partial charge < -0.3 is 30.5 Å². The average molecular weight is 632 g/mol. The number of amides is 1. The van der Waals surface area contributed by atoms with Crippen LogP contribution in [0.4, 0.5) is 10.5 Å². The predicted molar refractivity (Wildman–Crippen MR) is 168 cm³/mol. The van der Waals surface area contributed by atoms with Crippen molar-refractivity contribution < 1.29 is 37.4 Å². The second-order valence-electron chi connectivity index (χ2n) is 11.8. The second kappa shape index (κ2) is 15.4. The lowest BCUT2D eigenvalue weighted by atomic mass is 9.96. The molecule has 0 aromatic heterocycles. The maximum absolute atomic E-state index is 13.3. The molecule has 1 heterocycles. The minimum absolute atomic E-state index is 0.0263. The van der Waals surface area contributed by atoms with Gasteiger partial charge in [0.2, 0.25) is 0 Å². The van der Waals surface area contributed by atoms with Gasteiger partial charge >= 0.3 is 18.0 Å². The van der Waals surface area contributed by atoms with Crippen LogP contribution in [0.2, 0.25) is 0 Å². The Labute approximate surface area is 260 Å². The van der Waals surface area contributed by atoms with Crippen LogP contribution in [0.3, 0.4) is 0 Å². The van der Waals surface area contributed by atoms with Gasteiger partial charge in [0.25, 0.3) is 0 Å². The number of rotatable bonds is 15. The van der Waals surface area contributed by atoms with Gasteiger partial charge in [-0.25, -0.2) is 18.0 Å². The molecule has 1 aliphatic heterocycles. The normalized spacial score (nSPS) is 15.0. The van der Waals surface area contributed by atoms with E-state index in [1.54, 1.807) is 6.92 Å². The summed E-state index contributed by atoms with van der Waals surface area (Å²) in [7, 11) is -3.95. The first-order chi connectivity index (χ1) is 20.8. The molecule has 3 rings (SSSR count). The number of aryl methyl sites for hydroxylation is 1. The summed E-state index contributed by atoms with van der Waals surface area (Å²) < 4.78 is 37.5. The SMILES string of the molecule is CCC(C(=O)Oc1ccc(S(=O)(=O)CC(C)(C)OC(=O)N[C@@H](CCCCN)C(=O)O)cc1C)c1ccc(N2CCCC2)cc1. The maximum atomic E-state index is 13.3. The summed E-state index contributed by atoms with van der Waals surface area (Å²) in [5, 5.41) is 11.7. The Balaban J connectivity index is 1.64. The standard InChI is InChI=1S/C32H45N3O8S/c1-5-26(23-11-13-24(14-12-23)35-18-8-9-19-35)30(38)42-28-16-15-25(20-22(28)2)44(40,41)21-32(3,4)43-31(39)34-27(29(36)37)10-6-7-17-33/h11-16,20,26-27H,5-10,17-19,21,33H2,1-4H3,(H,34,39)(H,36,37)/t26?,27-/m0/s1. The first-order valence-electron chi connectivity index (χ1n) is 15.1. The molecular weight excluding hydrogens is 586 g/mol. The number of carboxylic acids is 1. The van der Waals surface area contributed by atoms with Gasteiger partial charge in [-0.15, -0.1) is 0 Å². The molecule has 1 aliphatic rings. The topological polar surface area (TPSA) is 165 Å². The van der Waals surface area contributed by atoms with Gasteiger partial charge in [-0.05, 0) is 107 Å². The molecule has 0 saturated carbocycles. The number of nitrogens with zero attached hydrogens (tertiary/aromatic N) is 1. The molecule has 242 valence electrons. The van der Waals surface area contributed by atoms with Crippen LogP contribution < -0.4 is 20.7 Å². The molecule has 2 aromatic rings. The molecule has 0 bridgehead atoms. The molecule has 1 unspecified atom stereocenters. The van der Waals surface area contributed by atoms with Crippen molar-refractivity contribution in [2.45, 2.75) is 88.7 Å². The number of carboxylic acid groups (broad SMARTS) is 1. The number of carbonyl (C=O) groups is 3. The van der Waals surface area contributed by atoms with Crippen molar-refractivity contribution in [1.29, 1.82) is 0 Å². The Morgan fingerprint density at radius 1 is 1.07 bits per heavy atom. The zero-order valence-electron chi connectivity index (χ0n) is 26.0. The molecule has 2 atom stereocenters. The third-order valence-electron chi connectivity index (χ3n) is 7.62. The molecule has 4 N–H and O–H groups in total. The number of sulfone groups is 1. The third kappa shape index (κ3) is 9.68. The molecule has 1 amide bonds. The molecular formula is C32H45N3O8S. The number of carbonyl (C=O) groups excluding carboxylic acids is 2. The van der Waals surface area contributed by atoms with Crippen molar-refractivity contribution in [2.75, 3.05) is 30.3 Å². The van der Waals surface area contributed by atoms with Gasteiger partial charge in [-0.1, -0.05) is 19.1 Å². The Bertz CT molecular complexity index is 1400. The van der Waals surface area contributed by atoms with E-state index >= 15 is 0 Å². The summed E-state index contributed by atoms with van der Waals surface area (Å²) in [6.07, 6.45) is 3.14. The Hall–Kier alpha value is -3.64. The lowest BCUT2D eigenvalue weighted by molar-refractivity contribution is -0.139. The first kappa shape index (κ1) is 34.8. The van der Waals surface area contributed by atoms with Crippen LogP contribution in [0.25, 0.3) is 0 Å². The Kier molecular flexibility index (Phi) is 12.2. The number of nitrogens with two attached hydrogens (primary N) is 1. The number of nitrogens with one attached hydrogen (secondary N) is 1. The van der Waals surface area contributed by atoms with Crippen LogP contribution in [0.5, 0.6) is 5.75 Å². The Morgan fingerprint density at radius 2 is 1.73 bits per heavy atom. The van der Waals surface area contributed by atoms with Crippen molar-refractivity contribution in [2.24, 2.45) is 5.73 Å². The molecule has 1 saturated heterocycles. The van der Waals surface area contributed by atoms with Gasteiger partial charge in [0, 0.05) is 18.8 Å². The van der Waals surface area contributed by atoms with Gasteiger partial charge in [0.1, 0.15) is 17.4 Å². The van der Waals surface area contributed by atoms with Crippen molar-refractivity contribution in [3.05, 3.63) is 53.6 Å². The monoisotopic (exact) mass is 631 g/mol. The van der Waals surface area contributed by atoms with Gasteiger partial charge in [-0.2, -0.15) is 0 Å². The molecule has 0 radical (unpaired) electrons. The van der Waals surface area contributed by atoms with E-state index in [9.17, 15) is 27.9 Å². The van der Waals surface area contributed by atoms with Crippen LogP contribution in [0, 0.1) is 6.92 Å². The minimum atomic E-state index is -3.95. The predicted octanol–water partition coefficient (Wildman–Crippen LogP) is 4.56. The van der Waals surface area contributed by atoms with E-state index in [0.29, 0.717) is 31.4 Å². The van der Waals surface area contributed by atoms with E-state index in [2.05, 4.69) is 10.2 Å². The summed E-state index contributed by atoms with van der Waals surface area (Å²) in [6, 6.07) is 11.0. The lowest BCUT2D eigenvalue weighted by Crippen LogP contribution is -2.45. The molecule has 2 aromatic carbocycles. The number of aliphatic carboxylic acids is 1. The number of unbranched alkanes of at least 4 members (excludes halogenated alkanes) is 1. The molecule has 0 spiro atoms. The van der Waals surface area contributed by atoms with Crippen LogP contribution >= 0.6 is 0 Å². The average Bonchev–Trinajstić information content (AvgIpc) is 3.48. The highest BCUT2D eigenvalue weighted by atomic mass is 32.2. The highest BCUT2D eigenvalue weighted by Crippen LogP contribution is 2.29. The number of alkyl carbamates (subject to hydrolysis) is 1. The lowest BCUT2D eigenvalue weighted by Gasteiger charge is -2.26. The number of benzene rings is 2. The van der Waals surface area contributed by atoms with E-state index in [1.807, 2.05) is 31.2 Å². The van der Waals surface area contributed by atoms with E-state index in [0.717, 1.165) is 24.3 Å². The molecule has 11 nitrogen and oxygen atoms in total. The second-order valence-corrected chi connectivity index (χ2v) is 13.8. The van der Waals surface area contributed by atoms with E-state index in [1.165, 1.54) is 44.9 Å². The fraction of sp³-hybridized carbons (Fsp3) is 0.531. The van der Waals surface area contributed by atoms with Gasteiger partial charge in [0.15, 0.2) is 9.84 Å². The van der Waals surface area contributed by atoms with E-state index < -0.39 is 51.2 Å². The maximum Gasteiger partial charge on any atom is 0.408 e. The zero-order valence-corrected chi connectivity index (χ0v) is 26.8. The molecule has 0 aliphatic carbocycles. The number of esters is 1. The summed E-state index contributed by atoms with van der Waals surface area (Å²) >= 11 is 0. The van der Waals surface area contributed by atoms with Crippen molar-refractivity contribution in [1.82, 2.24) is 5.32 Å². The van der Waals surface area contributed by atoms with Crippen molar-refractivity contribution in [3.8, 4) is 5.75 Å². The van der Waals surface area contributed by atoms with E-state index in [-0.39, 0.29) is 17.1 Å². The highest BCUT2D eigenvalue weighted by molar-refractivity contribution is 7.91. The third-order valence-corrected chi connectivity index (χ3v) is 9.67. The van der Waals surface area contributed by atoms with E-state index in [4.69, 9.17) is 15.2 Å². The summed E-state index contributed by atoms with van der Waals surface area (Å²) in [5.74, 6) is -2.42. The minimum Gasteiger partial charge on any atom is -0.480 e. The number of hydrogen-bond acceptors (Lipinski definition) is 9. The number of anilines is 1. The number of hydrogen-bond donors (Lipinski definition) is 3. The summed E-state index contributed by atoms with van der Waals surface area (Å²) in [5.41, 5.74) is 6.42. The fourth-order valence-electron chi connectivity index (χ4n) is 5.28. The summed E-state index contributed by atoms with van der Waals surface area (Å²) in [4.78, 5) is 39.4. The Morgan fingerprint density at radius 3 is 2.30 bits per heavy atom. The van der Waals surface area contributed by atoms with Gasteiger partial charge in [0.05, 0.1) is 16.6 Å².